The van der Waals surface area contributed by atoms with Crippen LogP contribution in [0.25, 0.3) is 0 Å². The van der Waals surface area contributed by atoms with Gasteiger partial charge in [-0.15, -0.1) is 0 Å². The second-order valence-corrected chi connectivity index (χ2v) is 13.5. The Kier molecular flexibility index (Phi) is 7.37. The van der Waals surface area contributed by atoms with Crippen molar-refractivity contribution in [2.75, 3.05) is 36.0 Å². The van der Waals surface area contributed by atoms with Crippen LogP contribution in [0.2, 0.25) is 0 Å². The molecule has 9 nitrogen and oxygen atoms in total. The Bertz CT molecular complexity index is 1190. The fourth-order valence-electron chi connectivity index (χ4n) is 5.95. The van der Waals surface area contributed by atoms with Crippen molar-refractivity contribution < 1.29 is 9.59 Å². The first-order valence-electron chi connectivity index (χ1n) is 13.9. The van der Waals surface area contributed by atoms with Crippen molar-refractivity contribution in [3.8, 4) is 0 Å². The maximum absolute atomic E-state index is 13.4. The Morgan fingerprint density at radius 1 is 1.13 bits per heavy atom. The summed E-state index contributed by atoms with van der Waals surface area (Å²) in [5, 5.41) is 5.35. The van der Waals surface area contributed by atoms with Crippen LogP contribution >= 0.6 is 11.9 Å². The summed E-state index contributed by atoms with van der Waals surface area (Å²) < 4.78 is 4.92. The van der Waals surface area contributed by atoms with E-state index in [4.69, 9.17) is 4.98 Å². The SMILES string of the molecule is CC(C)(C)CCCN1CCN(c2ccc3c(n2)N2CC(CCCn4ccc(n4)SNC3=O)CC2(C)C)C1=O. The van der Waals surface area contributed by atoms with Crippen molar-refractivity contribution in [1.82, 2.24) is 24.4 Å². The fourth-order valence-corrected chi connectivity index (χ4v) is 6.53. The van der Waals surface area contributed by atoms with Gasteiger partial charge in [0.1, 0.15) is 16.7 Å². The molecule has 5 rings (SSSR count). The molecule has 38 heavy (non-hydrogen) atoms. The van der Waals surface area contributed by atoms with Crippen LogP contribution in [0, 0.1) is 11.3 Å². The van der Waals surface area contributed by atoms with Crippen molar-refractivity contribution in [1.29, 1.82) is 0 Å². The van der Waals surface area contributed by atoms with E-state index in [-0.39, 0.29) is 22.9 Å². The highest BCUT2D eigenvalue weighted by atomic mass is 32.2. The number of nitrogens with zero attached hydrogens (tertiary/aromatic N) is 6. The van der Waals surface area contributed by atoms with Gasteiger partial charge < -0.3 is 9.80 Å². The highest BCUT2D eigenvalue weighted by molar-refractivity contribution is 7.97. The number of anilines is 2. The van der Waals surface area contributed by atoms with Crippen LogP contribution in [0.5, 0.6) is 0 Å². The predicted molar refractivity (Wildman–Crippen MR) is 152 cm³/mol. The number of amides is 3. The van der Waals surface area contributed by atoms with Gasteiger partial charge in [-0.25, -0.2) is 9.78 Å². The fraction of sp³-hybridized carbons (Fsp3) is 0.643. The van der Waals surface area contributed by atoms with Gasteiger partial charge in [0, 0.05) is 56.4 Å². The lowest BCUT2D eigenvalue weighted by molar-refractivity contribution is 0.0984. The maximum atomic E-state index is 13.4. The molecule has 3 aliphatic heterocycles. The average molecular weight is 540 g/mol. The molecule has 3 aliphatic rings. The quantitative estimate of drug-likeness (QED) is 0.539. The summed E-state index contributed by atoms with van der Waals surface area (Å²) in [6, 6.07) is 5.58. The summed E-state index contributed by atoms with van der Waals surface area (Å²) >= 11 is 1.22. The maximum Gasteiger partial charge on any atom is 0.325 e. The molecule has 0 aromatic carbocycles. The number of nitrogens with one attached hydrogen (secondary N) is 1. The van der Waals surface area contributed by atoms with Gasteiger partial charge in [0.05, 0.1) is 5.56 Å². The molecule has 1 atom stereocenters. The minimum absolute atomic E-state index is 0.00130. The molecule has 3 amide bonds. The van der Waals surface area contributed by atoms with Gasteiger partial charge in [0.2, 0.25) is 0 Å². The normalized spacial score (nSPS) is 21.9. The first-order valence-corrected chi connectivity index (χ1v) is 14.7. The number of carbonyl (C=O) groups excluding carboxylic acids is 2. The van der Waals surface area contributed by atoms with E-state index in [9.17, 15) is 9.59 Å². The van der Waals surface area contributed by atoms with E-state index in [1.165, 1.54) is 11.9 Å². The van der Waals surface area contributed by atoms with Crippen LogP contribution in [-0.2, 0) is 6.54 Å². The van der Waals surface area contributed by atoms with Crippen LogP contribution in [-0.4, -0.2) is 63.3 Å². The zero-order valence-corrected chi connectivity index (χ0v) is 24.2. The molecule has 2 saturated heterocycles. The Morgan fingerprint density at radius 2 is 1.95 bits per heavy atom. The summed E-state index contributed by atoms with van der Waals surface area (Å²) in [6.45, 7) is 14.9. The molecule has 2 aromatic heterocycles. The summed E-state index contributed by atoms with van der Waals surface area (Å²) in [4.78, 5) is 37.7. The lowest BCUT2D eigenvalue weighted by Crippen LogP contribution is -2.40. The summed E-state index contributed by atoms with van der Waals surface area (Å²) in [5.74, 6) is 1.58. The van der Waals surface area contributed by atoms with Crippen molar-refractivity contribution in [3.63, 3.8) is 0 Å². The third-order valence-electron chi connectivity index (χ3n) is 7.91. The Hall–Kier alpha value is -2.75. The van der Waals surface area contributed by atoms with E-state index in [0.717, 1.165) is 56.8 Å². The van der Waals surface area contributed by atoms with Gasteiger partial charge in [0.25, 0.3) is 5.91 Å². The number of aryl methyl sites for hydroxylation is 1. The molecule has 1 unspecified atom stereocenters. The smallest absolute Gasteiger partial charge is 0.325 e. The molecular formula is C28H41N7O2S. The Morgan fingerprint density at radius 3 is 2.74 bits per heavy atom. The minimum Gasteiger partial charge on any atom is -0.350 e. The number of pyridine rings is 1. The van der Waals surface area contributed by atoms with E-state index in [1.807, 2.05) is 34.0 Å². The number of urea groups is 1. The largest absolute Gasteiger partial charge is 0.350 e. The van der Waals surface area contributed by atoms with Crippen LogP contribution in [0.1, 0.15) is 77.1 Å². The number of hydrogen-bond donors (Lipinski definition) is 1. The average Bonchev–Trinajstić information content (AvgIpc) is 3.53. The summed E-state index contributed by atoms with van der Waals surface area (Å²) in [5.41, 5.74) is 0.637. The van der Waals surface area contributed by atoms with Gasteiger partial charge in [-0.1, -0.05) is 20.8 Å². The Labute approximate surface area is 230 Å². The van der Waals surface area contributed by atoms with Crippen molar-refractivity contribution in [2.45, 2.75) is 83.8 Å². The summed E-state index contributed by atoms with van der Waals surface area (Å²) in [7, 11) is 0. The molecule has 2 aromatic rings. The molecule has 2 fully saturated rings. The van der Waals surface area contributed by atoms with Gasteiger partial charge in [-0.2, -0.15) is 5.10 Å². The van der Waals surface area contributed by atoms with E-state index >= 15 is 0 Å². The molecule has 0 radical (unpaired) electrons. The van der Waals surface area contributed by atoms with E-state index in [2.05, 4.69) is 49.3 Å². The lowest BCUT2D eigenvalue weighted by atomic mass is 9.90. The molecule has 0 saturated carbocycles. The molecule has 1 N–H and O–H groups in total. The highest BCUT2D eigenvalue weighted by Crippen LogP contribution is 2.40. The van der Waals surface area contributed by atoms with E-state index in [0.29, 0.717) is 36.2 Å². The summed E-state index contributed by atoms with van der Waals surface area (Å²) in [6.07, 6.45) is 7.22. The molecule has 10 heteroatoms. The first kappa shape index (κ1) is 26.8. The van der Waals surface area contributed by atoms with Gasteiger partial charge >= 0.3 is 6.03 Å². The number of aromatic nitrogens is 3. The van der Waals surface area contributed by atoms with Crippen LogP contribution in [0.15, 0.2) is 29.4 Å². The van der Waals surface area contributed by atoms with Gasteiger partial charge in [-0.05, 0) is 75.5 Å². The molecule has 4 bridgehead atoms. The van der Waals surface area contributed by atoms with Crippen molar-refractivity contribution >= 4 is 35.5 Å². The number of rotatable bonds is 4. The topological polar surface area (TPSA) is 86.6 Å². The highest BCUT2D eigenvalue weighted by Gasteiger charge is 2.41. The molecule has 0 aliphatic carbocycles. The second-order valence-electron chi connectivity index (χ2n) is 12.7. The van der Waals surface area contributed by atoms with E-state index < -0.39 is 0 Å². The number of fused-ring (bicyclic) bond motifs is 6. The molecule has 206 valence electrons. The molecule has 5 heterocycles. The third-order valence-corrected chi connectivity index (χ3v) is 8.63. The monoisotopic (exact) mass is 539 g/mol. The minimum atomic E-state index is -0.202. The first-order chi connectivity index (χ1) is 18.0. The second kappa shape index (κ2) is 10.4. The van der Waals surface area contributed by atoms with E-state index in [1.54, 1.807) is 4.90 Å². The van der Waals surface area contributed by atoms with Crippen LogP contribution in [0.4, 0.5) is 16.4 Å². The Balaban J connectivity index is 1.42. The number of hydrogen-bond acceptors (Lipinski definition) is 6. The number of carbonyl (C=O) groups is 2. The van der Waals surface area contributed by atoms with Crippen LogP contribution in [0.3, 0.4) is 0 Å². The zero-order valence-electron chi connectivity index (χ0n) is 23.4. The van der Waals surface area contributed by atoms with Crippen molar-refractivity contribution in [3.05, 3.63) is 30.0 Å². The van der Waals surface area contributed by atoms with Crippen molar-refractivity contribution in [2.24, 2.45) is 11.3 Å². The predicted octanol–water partition coefficient (Wildman–Crippen LogP) is 5.18. The lowest BCUT2D eigenvalue weighted by Gasteiger charge is -2.34. The third kappa shape index (κ3) is 5.80. The standard InChI is InChI=1S/C28H41N7O2S/c1-27(2,3)12-7-13-32-16-17-34(26(32)37)22-10-9-21-24(29-22)35-19-20(18-28(35,4)5)8-6-14-33-15-11-23(30-33)38-31-25(21)36/h9-11,15,20H,6-8,12-14,16-19H2,1-5H3,(H,31,36). The van der Waals surface area contributed by atoms with Gasteiger partial charge in [0.15, 0.2) is 0 Å². The van der Waals surface area contributed by atoms with Crippen LogP contribution < -0.4 is 14.5 Å². The zero-order chi connectivity index (χ0) is 27.1. The van der Waals surface area contributed by atoms with Gasteiger partial charge in [-0.3, -0.25) is 19.1 Å². The molecule has 0 spiro atoms. The molecular weight excluding hydrogens is 498 g/mol.